The largest absolute Gasteiger partial charge is 0.370 e. The summed E-state index contributed by atoms with van der Waals surface area (Å²) < 4.78 is 0. The van der Waals surface area contributed by atoms with Crippen LogP contribution in [0.2, 0.25) is 0 Å². The first-order valence-electron chi connectivity index (χ1n) is 6.22. The van der Waals surface area contributed by atoms with E-state index in [1.165, 1.54) is 17.7 Å². The molecule has 0 bridgehead atoms. The molecule has 0 spiro atoms. The van der Waals surface area contributed by atoms with E-state index in [2.05, 4.69) is 55.4 Å². The maximum absolute atomic E-state index is 3.49. The second kappa shape index (κ2) is 4.88. The lowest BCUT2D eigenvalue weighted by Gasteiger charge is -2.30. The number of nitrogens with one attached hydrogen (secondary N) is 1. The van der Waals surface area contributed by atoms with Crippen molar-refractivity contribution < 1.29 is 0 Å². The van der Waals surface area contributed by atoms with Crippen molar-refractivity contribution in [2.24, 2.45) is 5.92 Å². The van der Waals surface area contributed by atoms with E-state index >= 15 is 0 Å². The van der Waals surface area contributed by atoms with Crippen LogP contribution in [0.5, 0.6) is 0 Å². The molecule has 2 unspecified atom stereocenters. The van der Waals surface area contributed by atoms with E-state index in [-0.39, 0.29) is 0 Å². The quantitative estimate of drug-likeness (QED) is 0.838. The maximum atomic E-state index is 3.49. The molecule has 1 N–H and O–H groups in total. The van der Waals surface area contributed by atoms with Crippen molar-refractivity contribution in [3.05, 3.63) is 29.8 Å². The topological polar surface area (TPSA) is 15.3 Å². The summed E-state index contributed by atoms with van der Waals surface area (Å²) in [5, 5.41) is 3.49. The number of anilines is 1. The number of hydrogen-bond donors (Lipinski definition) is 1. The van der Waals surface area contributed by atoms with Gasteiger partial charge in [0.1, 0.15) is 0 Å². The summed E-state index contributed by atoms with van der Waals surface area (Å²) in [7, 11) is 2.21. The Hall–Kier alpha value is -1.02. The fourth-order valence-corrected chi connectivity index (χ4v) is 2.56. The van der Waals surface area contributed by atoms with Crippen molar-refractivity contribution in [2.45, 2.75) is 26.3 Å². The van der Waals surface area contributed by atoms with E-state index in [9.17, 15) is 0 Å². The molecule has 0 aromatic heterocycles. The molecule has 1 saturated heterocycles. The summed E-state index contributed by atoms with van der Waals surface area (Å²) in [6.45, 7) is 6.70. The molecule has 1 aromatic rings. The molecular formula is C14H22N2. The van der Waals surface area contributed by atoms with Crippen molar-refractivity contribution in [3.8, 4) is 0 Å². The van der Waals surface area contributed by atoms with E-state index in [0.29, 0.717) is 6.04 Å². The van der Waals surface area contributed by atoms with Gasteiger partial charge in [0.2, 0.25) is 0 Å². The molecule has 1 aromatic carbocycles. The highest BCUT2D eigenvalue weighted by molar-refractivity contribution is 5.48. The zero-order valence-electron chi connectivity index (χ0n) is 10.5. The lowest BCUT2D eigenvalue weighted by Crippen LogP contribution is -2.37. The highest BCUT2D eigenvalue weighted by atomic mass is 15.2. The first-order chi connectivity index (χ1) is 7.72. The molecule has 88 valence electrons. The monoisotopic (exact) mass is 218 g/mol. The molecule has 1 heterocycles. The number of hydrogen-bond acceptors (Lipinski definition) is 2. The molecule has 0 aliphatic carbocycles. The fourth-order valence-electron chi connectivity index (χ4n) is 2.56. The fraction of sp³-hybridized carbons (Fsp3) is 0.571. The van der Waals surface area contributed by atoms with E-state index in [1.807, 2.05) is 0 Å². The van der Waals surface area contributed by atoms with E-state index in [0.717, 1.165) is 19.0 Å². The molecule has 2 nitrogen and oxygen atoms in total. The Morgan fingerprint density at radius 2 is 1.94 bits per heavy atom. The first kappa shape index (κ1) is 11.5. The van der Waals surface area contributed by atoms with Crippen LogP contribution in [0, 0.1) is 12.8 Å². The minimum atomic E-state index is 0.646. The smallest absolute Gasteiger partial charge is 0.0451 e. The second-order valence-electron chi connectivity index (χ2n) is 4.84. The summed E-state index contributed by atoms with van der Waals surface area (Å²) in [4.78, 5) is 2.42. The first-order valence-corrected chi connectivity index (χ1v) is 6.22. The van der Waals surface area contributed by atoms with Gasteiger partial charge in [-0.3, -0.25) is 0 Å². The SMILES string of the molecule is CCC1CNCC1N(C)c1ccc(C)cc1. The predicted octanol–water partition coefficient (Wildman–Crippen LogP) is 2.43. The Balaban J connectivity index is 2.12. The van der Waals surface area contributed by atoms with E-state index < -0.39 is 0 Å². The van der Waals surface area contributed by atoms with Crippen LogP contribution in [-0.2, 0) is 0 Å². The summed E-state index contributed by atoms with van der Waals surface area (Å²) in [5.74, 6) is 0.784. The third kappa shape index (κ3) is 2.22. The van der Waals surface area contributed by atoms with Crippen molar-refractivity contribution in [1.82, 2.24) is 5.32 Å². The van der Waals surface area contributed by atoms with Gasteiger partial charge in [0.05, 0.1) is 0 Å². The van der Waals surface area contributed by atoms with Crippen LogP contribution < -0.4 is 10.2 Å². The Morgan fingerprint density at radius 3 is 2.56 bits per heavy atom. The van der Waals surface area contributed by atoms with Crippen molar-refractivity contribution in [1.29, 1.82) is 0 Å². The number of likely N-dealkylation sites (N-methyl/N-ethyl adjacent to an activating group) is 1. The van der Waals surface area contributed by atoms with Crippen LogP contribution in [0.15, 0.2) is 24.3 Å². The van der Waals surface area contributed by atoms with Crippen LogP contribution in [-0.4, -0.2) is 26.2 Å². The standard InChI is InChI=1S/C14H22N2/c1-4-12-9-15-10-14(12)16(3)13-7-5-11(2)6-8-13/h5-8,12,14-15H,4,9-10H2,1-3H3. The van der Waals surface area contributed by atoms with Crippen LogP contribution in [0.3, 0.4) is 0 Å². The molecule has 0 saturated carbocycles. The van der Waals surface area contributed by atoms with Gasteiger partial charge < -0.3 is 10.2 Å². The van der Waals surface area contributed by atoms with Gasteiger partial charge in [-0.2, -0.15) is 0 Å². The van der Waals surface area contributed by atoms with Crippen LogP contribution >= 0.6 is 0 Å². The summed E-state index contributed by atoms with van der Waals surface area (Å²) in [6.07, 6.45) is 1.26. The van der Waals surface area contributed by atoms with E-state index in [1.54, 1.807) is 0 Å². The zero-order valence-corrected chi connectivity index (χ0v) is 10.5. The molecule has 0 amide bonds. The van der Waals surface area contributed by atoms with Gasteiger partial charge in [0, 0.05) is 31.9 Å². The molecule has 16 heavy (non-hydrogen) atoms. The predicted molar refractivity (Wildman–Crippen MR) is 70.0 cm³/mol. The second-order valence-corrected chi connectivity index (χ2v) is 4.84. The van der Waals surface area contributed by atoms with Crippen LogP contribution in [0.25, 0.3) is 0 Å². The van der Waals surface area contributed by atoms with Gasteiger partial charge >= 0.3 is 0 Å². The number of aryl methyl sites for hydroxylation is 1. The third-order valence-corrected chi connectivity index (χ3v) is 3.77. The normalized spacial score (nSPS) is 24.7. The van der Waals surface area contributed by atoms with Crippen molar-refractivity contribution in [2.75, 3.05) is 25.0 Å². The summed E-state index contributed by atoms with van der Waals surface area (Å²) >= 11 is 0. The summed E-state index contributed by atoms with van der Waals surface area (Å²) in [5.41, 5.74) is 2.66. The van der Waals surface area contributed by atoms with Crippen molar-refractivity contribution in [3.63, 3.8) is 0 Å². The minimum absolute atomic E-state index is 0.646. The average Bonchev–Trinajstić information content (AvgIpc) is 2.77. The van der Waals surface area contributed by atoms with Gasteiger partial charge in [-0.25, -0.2) is 0 Å². The van der Waals surface area contributed by atoms with Gasteiger partial charge in [-0.1, -0.05) is 31.0 Å². The van der Waals surface area contributed by atoms with Gasteiger partial charge in [0.15, 0.2) is 0 Å². The molecule has 0 radical (unpaired) electrons. The number of benzene rings is 1. The molecule has 2 rings (SSSR count). The molecule has 2 heteroatoms. The Morgan fingerprint density at radius 1 is 1.25 bits per heavy atom. The highest BCUT2D eigenvalue weighted by Crippen LogP contribution is 2.23. The minimum Gasteiger partial charge on any atom is -0.370 e. The average molecular weight is 218 g/mol. The Labute approximate surface area is 98.7 Å². The maximum Gasteiger partial charge on any atom is 0.0451 e. The molecule has 1 aliphatic heterocycles. The third-order valence-electron chi connectivity index (χ3n) is 3.77. The Kier molecular flexibility index (Phi) is 3.49. The van der Waals surface area contributed by atoms with Gasteiger partial charge in [-0.05, 0) is 25.0 Å². The number of nitrogens with zero attached hydrogens (tertiary/aromatic N) is 1. The zero-order chi connectivity index (χ0) is 11.5. The van der Waals surface area contributed by atoms with Gasteiger partial charge in [-0.15, -0.1) is 0 Å². The molecule has 1 aliphatic rings. The summed E-state index contributed by atoms with van der Waals surface area (Å²) in [6, 6.07) is 9.47. The van der Waals surface area contributed by atoms with E-state index in [4.69, 9.17) is 0 Å². The lowest BCUT2D eigenvalue weighted by molar-refractivity contribution is 0.482. The number of rotatable bonds is 3. The van der Waals surface area contributed by atoms with Crippen molar-refractivity contribution >= 4 is 5.69 Å². The Bertz CT molecular complexity index is 331. The lowest BCUT2D eigenvalue weighted by atomic mass is 9.99. The molecular weight excluding hydrogens is 196 g/mol. The molecule has 1 fully saturated rings. The van der Waals surface area contributed by atoms with Gasteiger partial charge in [0.25, 0.3) is 0 Å². The molecule has 2 atom stereocenters. The highest BCUT2D eigenvalue weighted by Gasteiger charge is 2.28. The van der Waals surface area contributed by atoms with Crippen LogP contribution in [0.1, 0.15) is 18.9 Å². The van der Waals surface area contributed by atoms with Crippen LogP contribution in [0.4, 0.5) is 5.69 Å².